The molecule has 2 amide bonds. The van der Waals surface area contributed by atoms with Crippen molar-refractivity contribution in [2.45, 2.75) is 12.5 Å². The fraction of sp³-hybridized carbons (Fsp3) is 0.292. The van der Waals surface area contributed by atoms with Crippen molar-refractivity contribution in [2.24, 2.45) is 5.73 Å². The third-order valence-electron chi connectivity index (χ3n) is 5.77. The molecule has 0 saturated carbocycles. The maximum Gasteiger partial charge on any atom is 0.414 e. The highest BCUT2D eigenvalue weighted by Crippen LogP contribution is 2.37. The zero-order valence-electron chi connectivity index (χ0n) is 18.6. The first-order valence-electron chi connectivity index (χ1n) is 10.9. The van der Waals surface area contributed by atoms with Crippen LogP contribution >= 0.6 is 0 Å². The van der Waals surface area contributed by atoms with Crippen LogP contribution < -0.4 is 25.0 Å². The van der Waals surface area contributed by atoms with E-state index in [2.05, 4.69) is 4.98 Å². The molecule has 1 aromatic heterocycles. The molecule has 176 valence electrons. The molecule has 1 atom stereocenters. The number of cyclic esters (lactones) is 1. The first-order chi connectivity index (χ1) is 16.5. The van der Waals surface area contributed by atoms with Gasteiger partial charge in [-0.1, -0.05) is 0 Å². The van der Waals surface area contributed by atoms with Crippen LogP contribution in [0.5, 0.6) is 11.5 Å². The lowest BCUT2D eigenvalue weighted by Crippen LogP contribution is -2.37. The number of hydrogen-bond donors (Lipinski definition) is 1. The zero-order valence-corrected chi connectivity index (χ0v) is 18.6. The Morgan fingerprint density at radius 1 is 1.26 bits per heavy atom. The Kier molecular flexibility index (Phi) is 5.70. The van der Waals surface area contributed by atoms with Crippen LogP contribution in [0.25, 0.3) is 6.08 Å². The number of fused-ring (bicyclic) bond motifs is 2. The Morgan fingerprint density at radius 3 is 2.88 bits per heavy atom. The van der Waals surface area contributed by atoms with E-state index in [1.54, 1.807) is 42.5 Å². The number of carbonyl (C=O) groups excluding carboxylic acids is 2. The van der Waals surface area contributed by atoms with Crippen molar-refractivity contribution in [3.05, 3.63) is 59.8 Å². The molecule has 1 unspecified atom stereocenters. The summed E-state index contributed by atoms with van der Waals surface area (Å²) in [4.78, 5) is 32.0. The van der Waals surface area contributed by atoms with Gasteiger partial charge in [0.05, 0.1) is 37.3 Å². The van der Waals surface area contributed by atoms with Crippen molar-refractivity contribution in [1.29, 1.82) is 0 Å². The van der Waals surface area contributed by atoms with Crippen molar-refractivity contribution in [1.82, 2.24) is 4.98 Å². The number of ether oxygens (including phenoxy) is 4. The zero-order chi connectivity index (χ0) is 23.7. The Morgan fingerprint density at radius 2 is 2.09 bits per heavy atom. The summed E-state index contributed by atoms with van der Waals surface area (Å²) in [7, 11) is 1.58. The van der Waals surface area contributed by atoms with Gasteiger partial charge >= 0.3 is 6.09 Å². The summed E-state index contributed by atoms with van der Waals surface area (Å²) in [6.07, 6.45) is 6.24. The second kappa shape index (κ2) is 8.97. The molecule has 2 aromatic rings. The molecule has 0 radical (unpaired) electrons. The number of rotatable bonds is 6. The van der Waals surface area contributed by atoms with E-state index in [1.165, 1.54) is 6.08 Å². The number of methoxy groups -OCH3 is 1. The van der Waals surface area contributed by atoms with E-state index < -0.39 is 18.1 Å². The number of benzene rings is 1. The van der Waals surface area contributed by atoms with Gasteiger partial charge < -0.3 is 29.6 Å². The number of hydrogen-bond acceptors (Lipinski definition) is 8. The van der Waals surface area contributed by atoms with Gasteiger partial charge in [0.2, 0.25) is 5.91 Å². The third-order valence-corrected chi connectivity index (χ3v) is 5.77. The van der Waals surface area contributed by atoms with E-state index in [0.29, 0.717) is 55.8 Å². The highest BCUT2D eigenvalue weighted by molar-refractivity contribution is 5.92. The Hall–Kier alpha value is -4.21. The predicted molar refractivity (Wildman–Crippen MR) is 124 cm³/mol. The van der Waals surface area contributed by atoms with E-state index in [1.807, 2.05) is 17.0 Å². The van der Waals surface area contributed by atoms with Gasteiger partial charge in [-0.25, -0.2) is 4.79 Å². The quantitative estimate of drug-likeness (QED) is 0.647. The summed E-state index contributed by atoms with van der Waals surface area (Å²) < 4.78 is 22.5. The van der Waals surface area contributed by atoms with Crippen molar-refractivity contribution in [3.63, 3.8) is 0 Å². The highest BCUT2D eigenvalue weighted by atomic mass is 16.6. The summed E-state index contributed by atoms with van der Waals surface area (Å²) >= 11 is 0. The maximum atomic E-state index is 12.7. The van der Waals surface area contributed by atoms with Crippen molar-refractivity contribution >= 4 is 29.5 Å². The van der Waals surface area contributed by atoms with E-state index in [0.717, 1.165) is 16.9 Å². The lowest BCUT2D eigenvalue weighted by molar-refractivity contribution is -0.113. The summed E-state index contributed by atoms with van der Waals surface area (Å²) in [5, 5.41) is 0. The van der Waals surface area contributed by atoms with Crippen LogP contribution in [-0.2, 0) is 20.7 Å². The number of nitrogens with two attached hydrogens (primary N) is 1. The monoisotopic (exact) mass is 464 g/mol. The van der Waals surface area contributed by atoms with Crippen LogP contribution in [0.2, 0.25) is 0 Å². The molecule has 4 heterocycles. The minimum absolute atomic E-state index is 0.336. The normalized spacial score (nSPS) is 19.0. The lowest BCUT2D eigenvalue weighted by atomic mass is 10.0. The summed E-state index contributed by atoms with van der Waals surface area (Å²) in [5.74, 6) is 1.33. The summed E-state index contributed by atoms with van der Waals surface area (Å²) in [5.41, 5.74) is 8.33. The fourth-order valence-electron chi connectivity index (χ4n) is 4.29. The smallest absolute Gasteiger partial charge is 0.414 e. The summed E-state index contributed by atoms with van der Waals surface area (Å²) in [6, 6.07) is 7.18. The molecule has 34 heavy (non-hydrogen) atoms. The summed E-state index contributed by atoms with van der Waals surface area (Å²) in [6.45, 7) is 1.64. The largest absolute Gasteiger partial charge is 0.486 e. The van der Waals surface area contributed by atoms with Crippen LogP contribution in [0.4, 0.5) is 16.2 Å². The van der Waals surface area contributed by atoms with E-state index in [-0.39, 0.29) is 0 Å². The molecular weight excluding hydrogens is 440 g/mol. The molecule has 2 N–H and O–H groups in total. The second-order valence-electron chi connectivity index (χ2n) is 7.94. The van der Waals surface area contributed by atoms with Gasteiger partial charge in [0.25, 0.3) is 0 Å². The van der Waals surface area contributed by atoms with E-state index >= 15 is 0 Å². The van der Waals surface area contributed by atoms with Crippen molar-refractivity contribution in [2.75, 3.05) is 43.2 Å². The van der Waals surface area contributed by atoms with Crippen molar-refractivity contribution < 1.29 is 28.5 Å². The molecule has 0 spiro atoms. The number of aromatic nitrogens is 1. The highest BCUT2D eigenvalue weighted by Gasteiger charge is 2.36. The van der Waals surface area contributed by atoms with E-state index in [9.17, 15) is 9.59 Å². The number of pyridine rings is 1. The molecule has 10 heteroatoms. The molecule has 1 saturated heterocycles. The minimum atomic E-state index is -0.546. The molecule has 10 nitrogen and oxygen atoms in total. The van der Waals surface area contributed by atoms with Gasteiger partial charge in [-0.3, -0.25) is 14.7 Å². The number of primary amides is 1. The van der Waals surface area contributed by atoms with Crippen molar-refractivity contribution in [3.8, 4) is 11.5 Å². The number of nitrogens with zero attached hydrogens (tertiary/aromatic N) is 3. The minimum Gasteiger partial charge on any atom is -0.486 e. The van der Waals surface area contributed by atoms with Gasteiger partial charge in [0.15, 0.2) is 17.4 Å². The average molecular weight is 464 g/mol. The average Bonchev–Trinajstić information content (AvgIpc) is 3.22. The molecule has 0 aliphatic carbocycles. The molecule has 3 aliphatic rings. The number of allylic oxidation sites excluding steroid dienone is 1. The van der Waals surface area contributed by atoms with Crippen LogP contribution in [-0.4, -0.2) is 56.5 Å². The Balaban J connectivity index is 1.40. The van der Waals surface area contributed by atoms with Gasteiger partial charge in [-0.15, -0.1) is 0 Å². The third kappa shape index (κ3) is 4.09. The van der Waals surface area contributed by atoms with Crippen LogP contribution in [0.1, 0.15) is 11.3 Å². The van der Waals surface area contributed by atoms with Gasteiger partial charge in [-0.05, 0) is 30.4 Å². The van der Waals surface area contributed by atoms with Crippen LogP contribution in [0.15, 0.2) is 48.5 Å². The first-order valence-corrected chi connectivity index (χ1v) is 10.9. The fourth-order valence-corrected chi connectivity index (χ4v) is 4.29. The van der Waals surface area contributed by atoms with E-state index in [4.69, 9.17) is 24.7 Å². The topological polar surface area (TPSA) is 116 Å². The van der Waals surface area contributed by atoms with Crippen LogP contribution in [0, 0.1) is 0 Å². The first kappa shape index (κ1) is 21.6. The molecular formula is C24H24N4O6. The molecule has 1 aromatic carbocycles. The Bertz CT molecular complexity index is 1190. The second-order valence-corrected chi connectivity index (χ2v) is 7.94. The van der Waals surface area contributed by atoms with Gasteiger partial charge in [0.1, 0.15) is 19.3 Å². The number of carbonyl (C=O) groups is 2. The lowest BCUT2D eigenvalue weighted by Gasteiger charge is -2.33. The number of anilines is 2. The Labute approximate surface area is 196 Å². The predicted octanol–water partition coefficient (Wildman–Crippen LogP) is 2.23. The number of amides is 2. The SMILES string of the molecule is COC1=CCc2nccc(C=CC(N)=O)c2N1CC1CN(c2ccc3c(c2)OCCO3)C(=O)O1. The maximum absolute atomic E-state index is 12.7. The molecule has 5 rings (SSSR count). The van der Waals surface area contributed by atoms with Crippen LogP contribution in [0.3, 0.4) is 0 Å². The molecule has 1 fully saturated rings. The van der Waals surface area contributed by atoms with Gasteiger partial charge in [-0.2, -0.15) is 0 Å². The van der Waals surface area contributed by atoms with Gasteiger partial charge in [0, 0.05) is 30.3 Å². The molecule has 0 bridgehead atoms. The standard InChI is InChI=1S/C24H24N4O6/c1-31-22-7-4-18-23(15(8-9-26-18)2-6-21(25)29)28(22)14-17-13-27(24(30)34-17)16-3-5-19-20(12-16)33-11-10-32-19/h2-3,5-9,12,17H,4,10-11,13-14H2,1H3,(H2,25,29). The molecule has 3 aliphatic heterocycles.